The van der Waals surface area contributed by atoms with Gasteiger partial charge in [0.2, 0.25) is 0 Å². The van der Waals surface area contributed by atoms with Crippen LogP contribution in [-0.2, 0) is 0 Å². The Labute approximate surface area is 114 Å². The summed E-state index contributed by atoms with van der Waals surface area (Å²) in [6.07, 6.45) is 3.55. The Hall–Kier alpha value is -2.26. The highest BCUT2D eigenvalue weighted by Gasteiger charge is 2.07. The number of nitrogens with zero attached hydrogens (tertiary/aromatic N) is 2. The number of rotatable bonds is 1. The van der Waals surface area contributed by atoms with Crippen molar-refractivity contribution in [3.63, 3.8) is 0 Å². The first kappa shape index (κ1) is 10.6. The zero-order valence-electron chi connectivity index (χ0n) is 10.1. The molecular formula is C16H10N2S. The van der Waals surface area contributed by atoms with Crippen molar-refractivity contribution in [2.24, 2.45) is 0 Å². The second-order valence-corrected chi connectivity index (χ2v) is 5.47. The number of fused-ring (bicyclic) bond motifs is 3. The molecule has 4 rings (SSSR count). The largest absolute Gasteiger partial charge is 0.237 e. The van der Waals surface area contributed by atoms with Gasteiger partial charge in [-0.3, -0.25) is 0 Å². The average molecular weight is 262 g/mol. The summed E-state index contributed by atoms with van der Waals surface area (Å²) in [6, 6.07) is 16.8. The minimum absolute atomic E-state index is 0.777. The Balaban J connectivity index is 2.03. The fourth-order valence-corrected chi connectivity index (χ4v) is 3.40. The van der Waals surface area contributed by atoms with Crippen molar-refractivity contribution in [2.45, 2.75) is 0 Å². The van der Waals surface area contributed by atoms with Gasteiger partial charge in [-0.05, 0) is 30.3 Å². The maximum atomic E-state index is 4.31. The highest BCUT2D eigenvalue weighted by molar-refractivity contribution is 7.25. The Morgan fingerprint density at radius 1 is 0.737 bits per heavy atom. The van der Waals surface area contributed by atoms with Gasteiger partial charge in [0.05, 0.1) is 0 Å². The highest BCUT2D eigenvalue weighted by Crippen LogP contribution is 2.35. The van der Waals surface area contributed by atoms with E-state index in [1.54, 1.807) is 12.4 Å². The molecule has 4 aromatic rings. The maximum absolute atomic E-state index is 4.31. The summed E-state index contributed by atoms with van der Waals surface area (Å²) in [5.41, 5.74) is 1.07. The first-order valence-electron chi connectivity index (χ1n) is 6.10. The first-order chi connectivity index (χ1) is 9.42. The van der Waals surface area contributed by atoms with Crippen LogP contribution >= 0.6 is 11.3 Å². The molecule has 90 valence electrons. The third-order valence-electron chi connectivity index (χ3n) is 3.20. The van der Waals surface area contributed by atoms with Crippen LogP contribution < -0.4 is 0 Å². The SMILES string of the molecule is c1cnc(-c2ccc3sc4ccccc4c3c2)nc1. The molecule has 0 aliphatic rings. The van der Waals surface area contributed by atoms with Crippen LogP contribution in [0.4, 0.5) is 0 Å². The van der Waals surface area contributed by atoms with Crippen LogP contribution in [0.3, 0.4) is 0 Å². The second-order valence-electron chi connectivity index (χ2n) is 4.38. The van der Waals surface area contributed by atoms with Gasteiger partial charge < -0.3 is 0 Å². The van der Waals surface area contributed by atoms with E-state index in [2.05, 4.69) is 52.4 Å². The fraction of sp³-hybridized carbons (Fsp3) is 0. The Kier molecular flexibility index (Phi) is 2.32. The van der Waals surface area contributed by atoms with Crippen LogP contribution in [0, 0.1) is 0 Å². The van der Waals surface area contributed by atoms with Crippen molar-refractivity contribution in [3.05, 3.63) is 60.9 Å². The summed E-state index contributed by atoms with van der Waals surface area (Å²) >= 11 is 1.82. The normalized spacial score (nSPS) is 11.2. The number of benzene rings is 2. The fourth-order valence-electron chi connectivity index (χ4n) is 2.31. The van der Waals surface area contributed by atoms with E-state index in [9.17, 15) is 0 Å². The van der Waals surface area contributed by atoms with Crippen LogP contribution in [0.5, 0.6) is 0 Å². The molecule has 0 amide bonds. The van der Waals surface area contributed by atoms with Crippen LogP contribution in [-0.4, -0.2) is 9.97 Å². The van der Waals surface area contributed by atoms with Crippen molar-refractivity contribution >= 4 is 31.5 Å². The molecule has 0 saturated carbocycles. The predicted molar refractivity (Wildman–Crippen MR) is 80.4 cm³/mol. The molecule has 19 heavy (non-hydrogen) atoms. The van der Waals surface area contributed by atoms with E-state index in [0.29, 0.717) is 0 Å². The lowest BCUT2D eigenvalue weighted by atomic mass is 10.1. The molecule has 0 atom stereocenters. The zero-order valence-corrected chi connectivity index (χ0v) is 10.9. The second kappa shape index (κ2) is 4.14. The topological polar surface area (TPSA) is 25.8 Å². The quantitative estimate of drug-likeness (QED) is 0.504. The smallest absolute Gasteiger partial charge is 0.159 e. The predicted octanol–water partition coefficient (Wildman–Crippen LogP) is 4.51. The molecule has 2 nitrogen and oxygen atoms in total. The van der Waals surface area contributed by atoms with Gasteiger partial charge in [0, 0.05) is 38.1 Å². The van der Waals surface area contributed by atoms with Gasteiger partial charge in [-0.2, -0.15) is 0 Å². The monoisotopic (exact) mass is 262 g/mol. The summed E-state index contributed by atoms with van der Waals surface area (Å²) in [7, 11) is 0. The van der Waals surface area contributed by atoms with Gasteiger partial charge in [-0.1, -0.05) is 18.2 Å². The molecule has 0 radical (unpaired) electrons. The van der Waals surface area contributed by atoms with Gasteiger partial charge in [-0.15, -0.1) is 11.3 Å². The molecule has 0 N–H and O–H groups in total. The van der Waals surface area contributed by atoms with Crippen molar-refractivity contribution < 1.29 is 0 Å². The molecule has 0 bridgehead atoms. The molecule has 0 saturated heterocycles. The number of hydrogen-bond acceptors (Lipinski definition) is 3. The third-order valence-corrected chi connectivity index (χ3v) is 4.35. The molecule has 0 unspecified atom stereocenters. The van der Waals surface area contributed by atoms with E-state index < -0.39 is 0 Å². The molecule has 0 spiro atoms. The van der Waals surface area contributed by atoms with E-state index in [4.69, 9.17) is 0 Å². The third kappa shape index (κ3) is 1.71. The molecule has 2 aromatic carbocycles. The number of aromatic nitrogens is 2. The van der Waals surface area contributed by atoms with Crippen LogP contribution in [0.15, 0.2) is 60.9 Å². The summed E-state index contributed by atoms with van der Waals surface area (Å²) in [6.45, 7) is 0. The molecule has 0 aliphatic heterocycles. The maximum Gasteiger partial charge on any atom is 0.159 e. The summed E-state index contributed by atoms with van der Waals surface area (Å²) in [5.74, 6) is 0.777. The first-order valence-corrected chi connectivity index (χ1v) is 6.92. The van der Waals surface area contributed by atoms with E-state index >= 15 is 0 Å². The summed E-state index contributed by atoms with van der Waals surface area (Å²) in [5, 5.41) is 2.59. The molecule has 3 heteroatoms. The van der Waals surface area contributed by atoms with E-state index in [1.807, 2.05) is 17.4 Å². The Bertz CT molecular complexity index is 866. The van der Waals surface area contributed by atoms with Crippen LogP contribution in [0.2, 0.25) is 0 Å². The van der Waals surface area contributed by atoms with E-state index in [1.165, 1.54) is 20.2 Å². The van der Waals surface area contributed by atoms with Crippen LogP contribution in [0.25, 0.3) is 31.6 Å². The molecule has 0 aliphatic carbocycles. The summed E-state index contributed by atoms with van der Waals surface area (Å²) < 4.78 is 2.63. The Morgan fingerprint density at radius 3 is 2.42 bits per heavy atom. The Morgan fingerprint density at radius 2 is 1.53 bits per heavy atom. The van der Waals surface area contributed by atoms with Gasteiger partial charge in [-0.25, -0.2) is 9.97 Å². The van der Waals surface area contributed by atoms with Crippen LogP contribution in [0.1, 0.15) is 0 Å². The lowest BCUT2D eigenvalue weighted by Gasteiger charge is -1.99. The van der Waals surface area contributed by atoms with Crippen molar-refractivity contribution in [1.82, 2.24) is 9.97 Å². The van der Waals surface area contributed by atoms with Crippen molar-refractivity contribution in [3.8, 4) is 11.4 Å². The van der Waals surface area contributed by atoms with Gasteiger partial charge in [0.15, 0.2) is 5.82 Å². The zero-order chi connectivity index (χ0) is 12.7. The van der Waals surface area contributed by atoms with E-state index in [0.717, 1.165) is 11.4 Å². The van der Waals surface area contributed by atoms with Crippen molar-refractivity contribution in [2.75, 3.05) is 0 Å². The molecule has 0 fully saturated rings. The summed E-state index contributed by atoms with van der Waals surface area (Å²) in [4.78, 5) is 8.63. The number of hydrogen-bond donors (Lipinski definition) is 0. The molecule has 2 heterocycles. The highest BCUT2D eigenvalue weighted by atomic mass is 32.1. The molecule has 2 aromatic heterocycles. The number of thiophene rings is 1. The van der Waals surface area contributed by atoms with Gasteiger partial charge >= 0.3 is 0 Å². The van der Waals surface area contributed by atoms with E-state index in [-0.39, 0.29) is 0 Å². The average Bonchev–Trinajstić information content (AvgIpc) is 2.86. The van der Waals surface area contributed by atoms with Gasteiger partial charge in [0.25, 0.3) is 0 Å². The lowest BCUT2D eigenvalue weighted by Crippen LogP contribution is -1.85. The minimum atomic E-state index is 0.777. The molecular weight excluding hydrogens is 252 g/mol. The minimum Gasteiger partial charge on any atom is -0.237 e. The standard InChI is InChI=1S/C16H10N2S/c1-2-5-14-12(4-1)13-10-11(6-7-15(13)19-14)16-17-8-3-9-18-16/h1-10H. The van der Waals surface area contributed by atoms with Crippen molar-refractivity contribution in [1.29, 1.82) is 0 Å². The lowest BCUT2D eigenvalue weighted by molar-refractivity contribution is 1.18. The van der Waals surface area contributed by atoms with Gasteiger partial charge in [0.1, 0.15) is 0 Å².